The SMILES string of the molecule is CC(C)N1C(=O)CO[C@H](C(=O)NC2CCOCC2)[C@H]1c1ccccc1.O=CO. The molecule has 28 heavy (non-hydrogen) atoms. The van der Waals surface area contributed by atoms with E-state index >= 15 is 0 Å². The molecule has 2 atom stereocenters. The largest absolute Gasteiger partial charge is 0.483 e. The number of nitrogens with zero attached hydrogens (tertiary/aromatic N) is 1. The highest BCUT2D eigenvalue weighted by molar-refractivity contribution is 5.86. The van der Waals surface area contributed by atoms with Crippen LogP contribution in [0.3, 0.4) is 0 Å². The van der Waals surface area contributed by atoms with Gasteiger partial charge >= 0.3 is 0 Å². The fourth-order valence-electron chi connectivity index (χ4n) is 3.57. The van der Waals surface area contributed by atoms with Crippen LogP contribution in [0.2, 0.25) is 0 Å². The maximum Gasteiger partial charge on any atom is 0.290 e. The number of amides is 2. The molecule has 2 aliphatic rings. The maximum atomic E-state index is 12.9. The van der Waals surface area contributed by atoms with Gasteiger partial charge in [-0.1, -0.05) is 30.3 Å². The first kappa shape index (κ1) is 21.8. The van der Waals surface area contributed by atoms with Crippen molar-refractivity contribution in [3.8, 4) is 0 Å². The molecule has 0 radical (unpaired) electrons. The first-order valence-electron chi connectivity index (χ1n) is 9.43. The van der Waals surface area contributed by atoms with E-state index in [9.17, 15) is 9.59 Å². The standard InChI is InChI=1S/C19H26N2O4.CH2O2/c1-13(2)21-16(22)12-25-18(17(21)14-6-4-3-5-7-14)19(23)20-15-8-10-24-11-9-15;2-1-3/h3-7,13,15,17-18H,8-12H2,1-2H3,(H,20,23);1H,(H,2,3)/t17-,18+;/m1./s1. The van der Waals surface area contributed by atoms with Crippen molar-refractivity contribution in [2.45, 2.75) is 50.9 Å². The van der Waals surface area contributed by atoms with Crippen molar-refractivity contribution in [2.75, 3.05) is 19.8 Å². The lowest BCUT2D eigenvalue weighted by Gasteiger charge is -2.43. The van der Waals surface area contributed by atoms with Gasteiger partial charge in [0.2, 0.25) is 5.91 Å². The van der Waals surface area contributed by atoms with Crippen molar-refractivity contribution in [1.29, 1.82) is 0 Å². The Morgan fingerprint density at radius 2 is 1.86 bits per heavy atom. The van der Waals surface area contributed by atoms with Crippen LogP contribution in [0, 0.1) is 0 Å². The molecule has 8 nitrogen and oxygen atoms in total. The van der Waals surface area contributed by atoms with Crippen LogP contribution >= 0.6 is 0 Å². The Hall–Kier alpha value is -2.45. The van der Waals surface area contributed by atoms with Crippen LogP contribution < -0.4 is 5.32 Å². The van der Waals surface area contributed by atoms with Gasteiger partial charge in [-0.05, 0) is 32.3 Å². The minimum atomic E-state index is -0.703. The summed E-state index contributed by atoms with van der Waals surface area (Å²) in [6.45, 7) is 4.94. The molecule has 8 heteroatoms. The minimum absolute atomic E-state index is 0.0139. The van der Waals surface area contributed by atoms with Crippen LogP contribution in [0.5, 0.6) is 0 Å². The van der Waals surface area contributed by atoms with Crippen LogP contribution in [-0.2, 0) is 23.9 Å². The van der Waals surface area contributed by atoms with E-state index < -0.39 is 12.1 Å². The molecule has 0 spiro atoms. The van der Waals surface area contributed by atoms with Gasteiger partial charge in [-0.3, -0.25) is 14.4 Å². The Morgan fingerprint density at radius 1 is 1.25 bits per heavy atom. The molecule has 1 aromatic rings. The summed E-state index contributed by atoms with van der Waals surface area (Å²) in [6, 6.07) is 9.31. The number of carboxylic acid groups (broad SMARTS) is 1. The van der Waals surface area contributed by atoms with Crippen molar-refractivity contribution in [2.24, 2.45) is 0 Å². The molecular formula is C20H28N2O6. The zero-order valence-electron chi connectivity index (χ0n) is 16.2. The van der Waals surface area contributed by atoms with Crippen molar-refractivity contribution in [3.63, 3.8) is 0 Å². The normalized spacial score (nSPS) is 23.0. The van der Waals surface area contributed by atoms with Crippen molar-refractivity contribution in [3.05, 3.63) is 35.9 Å². The number of ether oxygens (including phenoxy) is 2. The molecule has 154 valence electrons. The Morgan fingerprint density at radius 3 is 2.43 bits per heavy atom. The predicted molar refractivity (Wildman–Crippen MR) is 102 cm³/mol. The Balaban J connectivity index is 0.000000878. The van der Waals surface area contributed by atoms with E-state index in [0.29, 0.717) is 13.2 Å². The third-order valence-corrected chi connectivity index (χ3v) is 4.78. The van der Waals surface area contributed by atoms with E-state index in [1.54, 1.807) is 4.90 Å². The summed E-state index contributed by atoms with van der Waals surface area (Å²) in [4.78, 5) is 35.5. The van der Waals surface area contributed by atoms with Gasteiger partial charge in [-0.25, -0.2) is 0 Å². The molecule has 0 unspecified atom stereocenters. The maximum absolute atomic E-state index is 12.9. The molecule has 0 aromatic heterocycles. The van der Waals surface area contributed by atoms with Gasteiger partial charge in [0, 0.05) is 25.3 Å². The number of benzene rings is 1. The van der Waals surface area contributed by atoms with E-state index in [1.165, 1.54) is 0 Å². The lowest BCUT2D eigenvalue weighted by Crippen LogP contribution is -2.57. The molecular weight excluding hydrogens is 364 g/mol. The van der Waals surface area contributed by atoms with Crippen LogP contribution in [0.4, 0.5) is 0 Å². The van der Waals surface area contributed by atoms with Gasteiger partial charge in [-0.15, -0.1) is 0 Å². The summed E-state index contributed by atoms with van der Waals surface area (Å²) < 4.78 is 11.1. The summed E-state index contributed by atoms with van der Waals surface area (Å²) in [5, 5.41) is 9.97. The summed E-state index contributed by atoms with van der Waals surface area (Å²) in [5.74, 6) is -0.238. The quantitative estimate of drug-likeness (QED) is 0.750. The molecule has 2 saturated heterocycles. The third kappa shape index (κ3) is 5.53. The smallest absolute Gasteiger partial charge is 0.290 e. The van der Waals surface area contributed by atoms with Crippen molar-refractivity contribution < 1.29 is 29.0 Å². The fraction of sp³-hybridized carbons (Fsp3) is 0.550. The van der Waals surface area contributed by atoms with Gasteiger partial charge in [0.15, 0.2) is 6.10 Å². The molecule has 3 rings (SSSR count). The Kier molecular flexibility index (Phi) is 8.41. The lowest BCUT2D eigenvalue weighted by molar-refractivity contribution is -0.167. The highest BCUT2D eigenvalue weighted by Crippen LogP contribution is 2.32. The van der Waals surface area contributed by atoms with Crippen molar-refractivity contribution in [1.82, 2.24) is 10.2 Å². The van der Waals surface area contributed by atoms with E-state index in [1.807, 2.05) is 44.2 Å². The highest BCUT2D eigenvalue weighted by atomic mass is 16.5. The zero-order valence-corrected chi connectivity index (χ0v) is 16.2. The third-order valence-electron chi connectivity index (χ3n) is 4.78. The molecule has 2 amide bonds. The molecule has 2 heterocycles. The fourth-order valence-corrected chi connectivity index (χ4v) is 3.57. The van der Waals surface area contributed by atoms with Crippen molar-refractivity contribution >= 4 is 18.3 Å². The second kappa shape index (κ2) is 10.8. The average Bonchev–Trinajstić information content (AvgIpc) is 2.69. The minimum Gasteiger partial charge on any atom is -0.483 e. The van der Waals surface area contributed by atoms with Crippen LogP contribution in [0.15, 0.2) is 30.3 Å². The first-order chi connectivity index (χ1) is 13.5. The van der Waals surface area contributed by atoms with Gasteiger partial charge in [0.05, 0.1) is 6.04 Å². The molecule has 0 bridgehead atoms. The number of rotatable bonds is 4. The molecule has 2 fully saturated rings. The van der Waals surface area contributed by atoms with Crippen LogP contribution in [0.25, 0.3) is 0 Å². The lowest BCUT2D eigenvalue weighted by atomic mass is 9.95. The first-order valence-corrected chi connectivity index (χ1v) is 9.43. The second-order valence-corrected chi connectivity index (χ2v) is 6.98. The highest BCUT2D eigenvalue weighted by Gasteiger charge is 2.43. The predicted octanol–water partition coefficient (Wildman–Crippen LogP) is 1.36. The van der Waals surface area contributed by atoms with E-state index in [4.69, 9.17) is 19.4 Å². The van der Waals surface area contributed by atoms with E-state index in [-0.39, 0.29) is 37.0 Å². The van der Waals surface area contributed by atoms with E-state index in [2.05, 4.69) is 5.32 Å². The number of hydrogen-bond donors (Lipinski definition) is 2. The second-order valence-electron chi connectivity index (χ2n) is 6.98. The number of carbonyl (C=O) groups excluding carboxylic acids is 2. The Labute approximate surface area is 164 Å². The topological polar surface area (TPSA) is 105 Å². The van der Waals surface area contributed by atoms with Gasteiger partial charge in [0.1, 0.15) is 6.61 Å². The van der Waals surface area contributed by atoms with E-state index in [0.717, 1.165) is 18.4 Å². The summed E-state index contributed by atoms with van der Waals surface area (Å²) in [6.07, 6.45) is 0.910. The number of hydrogen-bond acceptors (Lipinski definition) is 5. The average molecular weight is 392 g/mol. The van der Waals surface area contributed by atoms with Crippen LogP contribution in [-0.4, -0.2) is 66.3 Å². The van der Waals surface area contributed by atoms with Gasteiger partial charge < -0.3 is 24.8 Å². The summed E-state index contributed by atoms with van der Waals surface area (Å²) in [7, 11) is 0. The molecule has 1 aromatic carbocycles. The number of nitrogens with one attached hydrogen (secondary N) is 1. The number of carbonyl (C=O) groups is 3. The molecule has 0 saturated carbocycles. The summed E-state index contributed by atoms with van der Waals surface area (Å²) in [5.41, 5.74) is 0.913. The molecule has 0 aliphatic carbocycles. The molecule has 2 aliphatic heterocycles. The zero-order chi connectivity index (χ0) is 20.5. The molecule has 2 N–H and O–H groups in total. The number of morpholine rings is 1. The van der Waals surface area contributed by atoms with Gasteiger partial charge in [0.25, 0.3) is 12.4 Å². The summed E-state index contributed by atoms with van der Waals surface area (Å²) >= 11 is 0. The van der Waals surface area contributed by atoms with Gasteiger partial charge in [-0.2, -0.15) is 0 Å². The van der Waals surface area contributed by atoms with Crippen LogP contribution in [0.1, 0.15) is 38.3 Å². The Bertz CT molecular complexity index is 645. The monoisotopic (exact) mass is 392 g/mol.